The van der Waals surface area contributed by atoms with Crippen molar-refractivity contribution in [3.8, 4) is 0 Å². The van der Waals surface area contributed by atoms with Crippen LogP contribution >= 0.6 is 11.3 Å². The van der Waals surface area contributed by atoms with E-state index in [0.29, 0.717) is 0 Å². The van der Waals surface area contributed by atoms with E-state index in [2.05, 4.69) is 247 Å². The third kappa shape index (κ3) is 6.63. The fraction of sp³-hybridized carbons (Fsp3) is 0.152. The molecule has 0 radical (unpaired) electrons. The van der Waals surface area contributed by atoms with E-state index in [0.717, 1.165) is 78.0 Å². The van der Waals surface area contributed by atoms with Gasteiger partial charge >= 0.3 is 0 Å². The molecule has 0 spiro atoms. The molecule has 0 bridgehead atoms. The first-order valence-electron chi connectivity index (χ1n) is 24.8. The molecular weight excluding hydrogens is 885 g/mol. The molecule has 0 saturated heterocycles. The molecule has 3 heterocycles. The third-order valence-corrected chi connectivity index (χ3v) is 15.9. The standard InChI is InChI=1S/C66H54N2O2S/c1-39-21-9-15-33-52(39)67(54-35-19-29-46-44-27-17-31-50(65(3,4)5)60(44)69-62(46)54)56-37-49-59-43-25-13-11-23-41(43)57(38-58(59)71-64(49)48-26-14-12-24-42(48)56)68(53-34-16-10-22-40(53)2)55-36-20-30-47-45-28-18-32-51(66(6,7)8)61(45)70-63(47)55/h9-38H,1-8H3. The minimum Gasteiger partial charge on any atom is -0.454 e. The van der Waals surface area contributed by atoms with Crippen LogP contribution < -0.4 is 9.80 Å². The van der Waals surface area contributed by atoms with Gasteiger partial charge < -0.3 is 18.6 Å². The topological polar surface area (TPSA) is 32.8 Å². The van der Waals surface area contributed by atoms with Gasteiger partial charge in [-0.1, -0.05) is 187 Å². The van der Waals surface area contributed by atoms with Gasteiger partial charge in [0.25, 0.3) is 0 Å². The summed E-state index contributed by atoms with van der Waals surface area (Å²) in [6.45, 7) is 18.0. The van der Waals surface area contributed by atoms with Gasteiger partial charge in [0.2, 0.25) is 0 Å². The van der Waals surface area contributed by atoms with Crippen LogP contribution in [0.25, 0.3) is 85.6 Å². The molecule has 13 aromatic rings. The number of hydrogen-bond donors (Lipinski definition) is 0. The summed E-state index contributed by atoms with van der Waals surface area (Å²) in [5.41, 5.74) is 14.7. The molecule has 3 aromatic heterocycles. The molecule has 0 N–H and O–H groups in total. The Morgan fingerprint density at radius 1 is 0.338 bits per heavy atom. The van der Waals surface area contributed by atoms with E-state index in [1.54, 1.807) is 0 Å². The van der Waals surface area contributed by atoms with Crippen molar-refractivity contribution in [2.24, 2.45) is 0 Å². The second-order valence-electron chi connectivity index (χ2n) is 21.4. The van der Waals surface area contributed by atoms with Gasteiger partial charge in [-0.15, -0.1) is 11.3 Å². The summed E-state index contributed by atoms with van der Waals surface area (Å²) in [4.78, 5) is 4.91. The molecule has 0 atom stereocenters. The van der Waals surface area contributed by atoms with Gasteiger partial charge in [-0.25, -0.2) is 0 Å². The molecule has 10 aromatic carbocycles. The highest BCUT2D eigenvalue weighted by Crippen LogP contribution is 2.53. The average Bonchev–Trinajstić information content (AvgIpc) is 4.07. The van der Waals surface area contributed by atoms with E-state index in [1.165, 1.54) is 64.0 Å². The molecule has 0 aliphatic rings. The molecule has 0 aliphatic heterocycles. The van der Waals surface area contributed by atoms with Crippen LogP contribution in [0.2, 0.25) is 0 Å². The van der Waals surface area contributed by atoms with E-state index in [4.69, 9.17) is 8.83 Å². The van der Waals surface area contributed by atoms with E-state index in [9.17, 15) is 0 Å². The number of furan rings is 2. The first kappa shape index (κ1) is 43.2. The van der Waals surface area contributed by atoms with Gasteiger partial charge in [-0.2, -0.15) is 0 Å². The summed E-state index contributed by atoms with van der Waals surface area (Å²) in [5.74, 6) is 0. The van der Waals surface area contributed by atoms with Crippen LogP contribution in [0.5, 0.6) is 0 Å². The lowest BCUT2D eigenvalue weighted by atomic mass is 9.86. The van der Waals surface area contributed by atoms with Crippen LogP contribution in [0.4, 0.5) is 34.1 Å². The summed E-state index contributed by atoms with van der Waals surface area (Å²) >= 11 is 1.88. The van der Waals surface area contributed by atoms with Crippen LogP contribution in [-0.4, -0.2) is 0 Å². The Hall–Kier alpha value is -7.86. The third-order valence-electron chi connectivity index (χ3n) is 14.7. The Labute approximate surface area is 418 Å². The maximum absolute atomic E-state index is 7.15. The minimum absolute atomic E-state index is 0.0937. The zero-order valence-corrected chi connectivity index (χ0v) is 42.3. The summed E-state index contributed by atoms with van der Waals surface area (Å²) in [6.07, 6.45) is 0. The van der Waals surface area contributed by atoms with Gasteiger partial charge in [-0.3, -0.25) is 0 Å². The molecular formula is C66H54N2O2S. The molecule has 5 heteroatoms. The van der Waals surface area contributed by atoms with E-state index in [1.807, 2.05) is 11.3 Å². The van der Waals surface area contributed by atoms with E-state index < -0.39 is 0 Å². The van der Waals surface area contributed by atoms with Crippen molar-refractivity contribution in [3.05, 3.63) is 204 Å². The summed E-state index contributed by atoms with van der Waals surface area (Å²) < 4.78 is 16.8. The van der Waals surface area contributed by atoms with Gasteiger partial charge in [0.15, 0.2) is 11.2 Å². The van der Waals surface area contributed by atoms with Crippen molar-refractivity contribution in [1.82, 2.24) is 0 Å². The van der Waals surface area contributed by atoms with Crippen LogP contribution in [-0.2, 0) is 10.8 Å². The van der Waals surface area contributed by atoms with Crippen LogP contribution in [0, 0.1) is 13.8 Å². The number of aryl methyl sites for hydroxylation is 2. The lowest BCUT2D eigenvalue weighted by molar-refractivity contribution is 0.572. The Bertz CT molecular complexity index is 4300. The summed E-state index contributed by atoms with van der Waals surface area (Å²) in [7, 11) is 0. The fourth-order valence-electron chi connectivity index (χ4n) is 11.3. The number of anilines is 6. The Morgan fingerprint density at radius 2 is 0.718 bits per heavy atom. The second kappa shape index (κ2) is 15.8. The predicted molar refractivity (Wildman–Crippen MR) is 305 cm³/mol. The molecule has 4 nitrogen and oxygen atoms in total. The number of nitrogens with zero attached hydrogens (tertiary/aromatic N) is 2. The van der Waals surface area contributed by atoms with Crippen molar-refractivity contribution in [2.45, 2.75) is 66.2 Å². The molecule has 346 valence electrons. The zero-order valence-electron chi connectivity index (χ0n) is 41.4. The Kier molecular flexibility index (Phi) is 9.63. The lowest BCUT2D eigenvalue weighted by Gasteiger charge is -2.29. The van der Waals surface area contributed by atoms with Crippen molar-refractivity contribution >= 4 is 131 Å². The molecule has 0 fully saturated rings. The number of hydrogen-bond acceptors (Lipinski definition) is 5. The molecule has 0 aliphatic carbocycles. The SMILES string of the molecule is Cc1ccccc1N(c1cc2c(sc3cc(N(c4ccccc4C)c4cccc5c4oc4c(C(C)(C)C)cccc45)c4ccccc4c32)c2ccccc12)c1cccc2c1oc1c(C(C)(C)C)cccc12. The zero-order chi connectivity index (χ0) is 48.5. The van der Waals surface area contributed by atoms with Gasteiger partial charge in [-0.05, 0) is 77.6 Å². The predicted octanol–water partition coefficient (Wildman–Crippen LogP) is 20.3. The van der Waals surface area contributed by atoms with Gasteiger partial charge in [0, 0.05) is 80.4 Å². The molecule has 0 unspecified atom stereocenters. The summed E-state index contributed by atoms with van der Waals surface area (Å²) in [5, 5.41) is 11.7. The highest BCUT2D eigenvalue weighted by Gasteiger charge is 2.29. The number of rotatable bonds is 6. The fourth-order valence-corrected chi connectivity index (χ4v) is 12.6. The van der Waals surface area contributed by atoms with E-state index >= 15 is 0 Å². The van der Waals surface area contributed by atoms with Crippen LogP contribution in [0.1, 0.15) is 63.8 Å². The van der Waals surface area contributed by atoms with Crippen molar-refractivity contribution < 1.29 is 8.83 Å². The Balaban J connectivity index is 1.11. The quantitative estimate of drug-likeness (QED) is 0.166. The Morgan fingerprint density at radius 3 is 1.21 bits per heavy atom. The first-order valence-corrected chi connectivity index (χ1v) is 25.6. The first-order chi connectivity index (χ1) is 34.3. The molecule has 0 amide bonds. The highest BCUT2D eigenvalue weighted by atomic mass is 32.1. The van der Waals surface area contributed by atoms with Gasteiger partial charge in [0.05, 0.1) is 22.7 Å². The largest absolute Gasteiger partial charge is 0.454 e. The number of para-hydroxylation sites is 6. The number of fused-ring (bicyclic) bond motifs is 13. The molecule has 71 heavy (non-hydrogen) atoms. The number of benzene rings is 10. The van der Waals surface area contributed by atoms with Gasteiger partial charge in [0.1, 0.15) is 11.2 Å². The maximum Gasteiger partial charge on any atom is 0.159 e. The van der Waals surface area contributed by atoms with Crippen LogP contribution in [0.3, 0.4) is 0 Å². The smallest absolute Gasteiger partial charge is 0.159 e. The average molecular weight is 939 g/mol. The maximum atomic E-state index is 7.15. The van der Waals surface area contributed by atoms with Crippen LogP contribution in [0.15, 0.2) is 191 Å². The second-order valence-corrected chi connectivity index (χ2v) is 22.4. The highest BCUT2D eigenvalue weighted by molar-refractivity contribution is 7.27. The minimum atomic E-state index is -0.0962. The normalized spacial score (nSPS) is 12.5. The number of thiophene rings is 1. The monoisotopic (exact) mass is 938 g/mol. The van der Waals surface area contributed by atoms with E-state index in [-0.39, 0.29) is 10.8 Å². The molecule has 13 rings (SSSR count). The lowest BCUT2D eigenvalue weighted by Crippen LogP contribution is -2.12. The van der Waals surface area contributed by atoms with Crippen molar-refractivity contribution in [1.29, 1.82) is 0 Å². The molecule has 0 saturated carbocycles. The van der Waals surface area contributed by atoms with Crippen molar-refractivity contribution in [2.75, 3.05) is 9.80 Å². The summed E-state index contributed by atoms with van der Waals surface area (Å²) in [6, 6.07) is 66.7. The van der Waals surface area contributed by atoms with Crippen molar-refractivity contribution in [3.63, 3.8) is 0 Å².